The van der Waals surface area contributed by atoms with Gasteiger partial charge in [0.1, 0.15) is 5.84 Å². The van der Waals surface area contributed by atoms with Crippen molar-refractivity contribution in [2.24, 2.45) is 17.9 Å². The second kappa shape index (κ2) is 5.73. The number of hydrogen-bond donors (Lipinski definition) is 3. The minimum absolute atomic E-state index is 0.0592. The number of hydrogen-bond acceptors (Lipinski definition) is 5. The molecule has 0 unspecified atom stereocenters. The molecule has 1 aromatic rings. The lowest BCUT2D eigenvalue weighted by Gasteiger charge is -2.01. The zero-order valence-electron chi connectivity index (χ0n) is 9.67. The molecule has 8 heteroatoms. The fourth-order valence-corrected chi connectivity index (χ4v) is 1.20. The predicted molar refractivity (Wildman–Crippen MR) is 60.1 cm³/mol. The predicted octanol–water partition coefficient (Wildman–Crippen LogP) is -0.705. The Hall–Kier alpha value is -2.25. The van der Waals surface area contributed by atoms with E-state index >= 15 is 0 Å². The van der Waals surface area contributed by atoms with E-state index in [1.54, 1.807) is 7.05 Å². The molecular weight excluding hydrogens is 226 g/mol. The summed E-state index contributed by atoms with van der Waals surface area (Å²) in [5, 5.41) is 17.7. The maximum atomic E-state index is 11.6. The normalized spacial score (nSPS) is 11.3. The Kier molecular flexibility index (Phi) is 4.32. The largest absolute Gasteiger partial charge is 0.481 e. The lowest BCUT2D eigenvalue weighted by atomic mass is 10.3. The third kappa shape index (κ3) is 3.37. The van der Waals surface area contributed by atoms with Crippen molar-refractivity contribution in [1.29, 1.82) is 0 Å². The summed E-state index contributed by atoms with van der Waals surface area (Å²) < 4.78 is 6.44. The number of nitrogens with zero attached hydrogens (tertiary/aromatic N) is 3. The molecule has 0 aromatic carbocycles. The van der Waals surface area contributed by atoms with Gasteiger partial charge in [0.05, 0.1) is 7.11 Å². The molecule has 1 amide bonds. The number of carbonyl (C=O) groups is 1. The lowest BCUT2D eigenvalue weighted by molar-refractivity contribution is 0.0949. The summed E-state index contributed by atoms with van der Waals surface area (Å²) in [7, 11) is 3.17. The van der Waals surface area contributed by atoms with E-state index in [-0.39, 0.29) is 30.4 Å². The number of aryl methyl sites for hydroxylation is 1. The first-order valence-electron chi connectivity index (χ1n) is 4.91. The Morgan fingerprint density at radius 2 is 2.47 bits per heavy atom. The van der Waals surface area contributed by atoms with E-state index in [0.29, 0.717) is 5.88 Å². The summed E-state index contributed by atoms with van der Waals surface area (Å²) in [6.45, 7) is 0.271. The van der Waals surface area contributed by atoms with E-state index in [2.05, 4.69) is 15.6 Å². The van der Waals surface area contributed by atoms with Crippen LogP contribution in [0.25, 0.3) is 0 Å². The van der Waals surface area contributed by atoms with Crippen molar-refractivity contribution in [3.8, 4) is 5.88 Å². The molecule has 0 aliphatic heterocycles. The molecule has 0 spiro atoms. The van der Waals surface area contributed by atoms with Crippen molar-refractivity contribution in [3.63, 3.8) is 0 Å². The van der Waals surface area contributed by atoms with Gasteiger partial charge in [-0.05, 0) is 0 Å². The molecular formula is C9H15N5O3. The maximum Gasteiger partial charge on any atom is 0.271 e. The number of ether oxygens (including phenoxy) is 1. The molecule has 1 rings (SSSR count). The first-order valence-corrected chi connectivity index (χ1v) is 4.91. The van der Waals surface area contributed by atoms with Crippen LogP contribution in [0.3, 0.4) is 0 Å². The number of methoxy groups -OCH3 is 1. The van der Waals surface area contributed by atoms with Crippen LogP contribution in [0.1, 0.15) is 16.9 Å². The quantitative estimate of drug-likeness (QED) is 0.273. The molecule has 4 N–H and O–H groups in total. The molecule has 0 atom stereocenters. The first-order chi connectivity index (χ1) is 8.08. The maximum absolute atomic E-state index is 11.6. The first kappa shape index (κ1) is 12.8. The van der Waals surface area contributed by atoms with Crippen LogP contribution in [0, 0.1) is 0 Å². The van der Waals surface area contributed by atoms with Crippen molar-refractivity contribution in [1.82, 2.24) is 15.1 Å². The number of nitrogens with two attached hydrogens (primary N) is 1. The SMILES string of the molecule is COc1cc(C(=O)NCCC(N)=NO)nn1C. The van der Waals surface area contributed by atoms with Crippen molar-refractivity contribution in [2.45, 2.75) is 6.42 Å². The Labute approximate surface area is 98.0 Å². The molecule has 1 aromatic heterocycles. The minimum atomic E-state index is -0.338. The van der Waals surface area contributed by atoms with Gasteiger partial charge in [0.15, 0.2) is 5.69 Å². The highest BCUT2D eigenvalue weighted by molar-refractivity contribution is 5.92. The van der Waals surface area contributed by atoms with Gasteiger partial charge in [0.2, 0.25) is 5.88 Å². The van der Waals surface area contributed by atoms with Gasteiger partial charge in [-0.15, -0.1) is 0 Å². The fraction of sp³-hybridized carbons (Fsp3) is 0.444. The van der Waals surface area contributed by atoms with Crippen LogP contribution >= 0.6 is 0 Å². The van der Waals surface area contributed by atoms with Crippen LogP contribution in [0.15, 0.2) is 11.2 Å². The van der Waals surface area contributed by atoms with Gasteiger partial charge in [0.25, 0.3) is 5.91 Å². The van der Waals surface area contributed by atoms with Crippen LogP contribution in [-0.2, 0) is 7.05 Å². The summed E-state index contributed by atoms with van der Waals surface area (Å²) in [5.74, 6) is 0.213. The highest BCUT2D eigenvalue weighted by atomic mass is 16.5. The molecule has 1 heterocycles. The monoisotopic (exact) mass is 241 g/mol. The average molecular weight is 241 g/mol. The van der Waals surface area contributed by atoms with E-state index in [0.717, 1.165) is 0 Å². The zero-order chi connectivity index (χ0) is 12.8. The smallest absolute Gasteiger partial charge is 0.271 e. The van der Waals surface area contributed by atoms with Crippen molar-refractivity contribution in [3.05, 3.63) is 11.8 Å². The van der Waals surface area contributed by atoms with Gasteiger partial charge < -0.3 is 21.0 Å². The molecule has 0 bridgehead atoms. The molecule has 0 saturated heterocycles. The van der Waals surface area contributed by atoms with E-state index < -0.39 is 0 Å². The van der Waals surface area contributed by atoms with Crippen molar-refractivity contribution >= 4 is 11.7 Å². The average Bonchev–Trinajstić information content (AvgIpc) is 2.70. The minimum Gasteiger partial charge on any atom is -0.481 e. The summed E-state index contributed by atoms with van der Waals surface area (Å²) in [5.41, 5.74) is 5.51. The van der Waals surface area contributed by atoms with Crippen LogP contribution in [-0.4, -0.2) is 40.4 Å². The standard InChI is InChI=1S/C9H15N5O3/c1-14-8(17-2)5-6(12-14)9(15)11-4-3-7(10)13-16/h5,16H,3-4H2,1-2H3,(H2,10,13)(H,11,15). The van der Waals surface area contributed by atoms with E-state index in [1.165, 1.54) is 17.9 Å². The second-order valence-electron chi connectivity index (χ2n) is 3.29. The summed E-state index contributed by atoms with van der Waals surface area (Å²) in [4.78, 5) is 11.6. The van der Waals surface area contributed by atoms with E-state index in [1.807, 2.05) is 0 Å². The third-order valence-electron chi connectivity index (χ3n) is 2.07. The van der Waals surface area contributed by atoms with Gasteiger partial charge in [0, 0.05) is 26.1 Å². The van der Waals surface area contributed by atoms with Gasteiger partial charge >= 0.3 is 0 Å². The summed E-state index contributed by atoms with van der Waals surface area (Å²) in [6.07, 6.45) is 0.270. The van der Waals surface area contributed by atoms with E-state index in [4.69, 9.17) is 15.7 Å². The number of amides is 1. The number of carbonyl (C=O) groups excluding carboxylic acids is 1. The van der Waals surface area contributed by atoms with Crippen LogP contribution in [0.2, 0.25) is 0 Å². The number of rotatable bonds is 5. The number of oxime groups is 1. The Morgan fingerprint density at radius 1 is 1.76 bits per heavy atom. The topological polar surface area (TPSA) is 115 Å². The number of amidine groups is 1. The summed E-state index contributed by atoms with van der Waals surface area (Å²) >= 11 is 0. The van der Waals surface area contributed by atoms with E-state index in [9.17, 15) is 4.79 Å². The molecule has 0 saturated carbocycles. The molecule has 0 fully saturated rings. The van der Waals surface area contributed by atoms with Gasteiger partial charge in [-0.2, -0.15) is 5.10 Å². The van der Waals surface area contributed by atoms with Gasteiger partial charge in [-0.3, -0.25) is 4.79 Å². The molecule has 17 heavy (non-hydrogen) atoms. The molecule has 0 radical (unpaired) electrons. The third-order valence-corrected chi connectivity index (χ3v) is 2.07. The Morgan fingerprint density at radius 3 is 3.00 bits per heavy atom. The molecule has 0 aliphatic carbocycles. The van der Waals surface area contributed by atoms with Crippen LogP contribution < -0.4 is 15.8 Å². The second-order valence-corrected chi connectivity index (χ2v) is 3.29. The molecule has 8 nitrogen and oxygen atoms in total. The number of aromatic nitrogens is 2. The van der Waals surface area contributed by atoms with Crippen LogP contribution in [0.4, 0.5) is 0 Å². The van der Waals surface area contributed by atoms with Gasteiger partial charge in [-0.1, -0.05) is 5.16 Å². The highest BCUT2D eigenvalue weighted by Crippen LogP contribution is 2.10. The van der Waals surface area contributed by atoms with Crippen molar-refractivity contribution < 1.29 is 14.7 Å². The Balaban J connectivity index is 2.52. The van der Waals surface area contributed by atoms with Crippen molar-refractivity contribution in [2.75, 3.05) is 13.7 Å². The molecule has 94 valence electrons. The molecule has 0 aliphatic rings. The fourth-order valence-electron chi connectivity index (χ4n) is 1.20. The highest BCUT2D eigenvalue weighted by Gasteiger charge is 2.12. The zero-order valence-corrected chi connectivity index (χ0v) is 9.67. The summed E-state index contributed by atoms with van der Waals surface area (Å²) in [6, 6.07) is 1.53. The van der Waals surface area contributed by atoms with Gasteiger partial charge in [-0.25, -0.2) is 4.68 Å². The Bertz CT molecular complexity index is 426. The lowest BCUT2D eigenvalue weighted by Crippen LogP contribution is -2.28. The van der Waals surface area contributed by atoms with Crippen LogP contribution in [0.5, 0.6) is 5.88 Å². The number of nitrogens with one attached hydrogen (secondary N) is 1.